The van der Waals surface area contributed by atoms with Crippen LogP contribution in [0, 0.1) is 6.92 Å². The summed E-state index contributed by atoms with van der Waals surface area (Å²) >= 11 is 10.6. The van der Waals surface area contributed by atoms with Crippen LogP contribution in [0.25, 0.3) is 0 Å². The van der Waals surface area contributed by atoms with E-state index in [0.717, 1.165) is 5.56 Å². The van der Waals surface area contributed by atoms with E-state index in [4.69, 9.17) is 17.3 Å². The van der Waals surface area contributed by atoms with E-state index in [2.05, 4.69) is 28.1 Å². The van der Waals surface area contributed by atoms with Crippen LogP contribution in [0.2, 0.25) is 5.02 Å². The number of hydrogen-bond donors (Lipinski definition) is 3. The number of carbonyl (C=O) groups excluding carboxylic acids is 1. The number of benzene rings is 1. The van der Waals surface area contributed by atoms with Crippen LogP contribution < -0.4 is 16.5 Å². The molecule has 0 saturated heterocycles. The molecular formula is C12H15ClN4OS. The Kier molecular flexibility index (Phi) is 5.72. The fraction of sp³-hybridized carbons (Fsp3) is 0.250. The van der Waals surface area contributed by atoms with Crippen LogP contribution in [-0.2, 0) is 4.79 Å². The summed E-state index contributed by atoms with van der Waals surface area (Å²) in [6.45, 7) is 3.54. The number of nitrogens with two attached hydrogens (primary N) is 1. The second kappa shape index (κ2) is 7.06. The van der Waals surface area contributed by atoms with E-state index in [1.165, 1.54) is 0 Å². The van der Waals surface area contributed by atoms with Crippen molar-refractivity contribution in [1.29, 1.82) is 0 Å². The molecule has 1 aromatic carbocycles. The predicted octanol–water partition coefficient (Wildman–Crippen LogP) is 2.19. The van der Waals surface area contributed by atoms with Gasteiger partial charge in [0.15, 0.2) is 5.11 Å². The van der Waals surface area contributed by atoms with Crippen molar-refractivity contribution in [3.8, 4) is 0 Å². The second-order valence-corrected chi connectivity index (χ2v) is 4.81. The summed E-state index contributed by atoms with van der Waals surface area (Å²) in [4.78, 5) is 11.8. The number of rotatable bonds is 4. The predicted molar refractivity (Wildman–Crippen MR) is 82.5 cm³/mol. The minimum Gasteiger partial charge on any atom is -0.375 e. The number of hydrogen-bond acceptors (Lipinski definition) is 3. The van der Waals surface area contributed by atoms with Crippen LogP contribution in [0.3, 0.4) is 0 Å². The molecule has 0 aliphatic heterocycles. The molecule has 0 atom stereocenters. The number of anilines is 1. The fourth-order valence-electron chi connectivity index (χ4n) is 1.36. The zero-order chi connectivity index (χ0) is 14.4. The molecule has 0 fully saturated rings. The maximum atomic E-state index is 11.8. The molecule has 0 aliphatic rings. The van der Waals surface area contributed by atoms with Gasteiger partial charge < -0.3 is 11.1 Å². The molecule has 0 aliphatic carbocycles. The summed E-state index contributed by atoms with van der Waals surface area (Å²) in [5.74, 6) is -0.184. The lowest BCUT2D eigenvalue weighted by Crippen LogP contribution is -2.26. The van der Waals surface area contributed by atoms with Crippen molar-refractivity contribution >= 4 is 46.2 Å². The highest BCUT2D eigenvalue weighted by molar-refractivity contribution is 7.80. The third-order valence-electron chi connectivity index (χ3n) is 2.32. The van der Waals surface area contributed by atoms with Crippen molar-refractivity contribution in [2.24, 2.45) is 10.8 Å². The monoisotopic (exact) mass is 298 g/mol. The number of hydrazone groups is 1. The highest BCUT2D eigenvalue weighted by Crippen LogP contribution is 2.22. The van der Waals surface area contributed by atoms with Gasteiger partial charge in [0.1, 0.15) is 0 Å². The Morgan fingerprint density at radius 1 is 1.53 bits per heavy atom. The number of carbonyl (C=O) groups is 1. The van der Waals surface area contributed by atoms with Crippen molar-refractivity contribution < 1.29 is 4.79 Å². The number of amides is 1. The van der Waals surface area contributed by atoms with Gasteiger partial charge in [0.25, 0.3) is 0 Å². The van der Waals surface area contributed by atoms with Gasteiger partial charge in [-0.3, -0.25) is 10.2 Å². The average Bonchev–Trinajstić information content (AvgIpc) is 2.32. The third kappa shape index (κ3) is 5.23. The Morgan fingerprint density at radius 3 is 2.84 bits per heavy atom. The SMILES string of the molecule is C/C(CC(=O)Nc1cccc(Cl)c1C)=N\NC(N)=S. The van der Waals surface area contributed by atoms with E-state index in [1.807, 2.05) is 6.92 Å². The summed E-state index contributed by atoms with van der Waals surface area (Å²) < 4.78 is 0. The molecule has 4 N–H and O–H groups in total. The normalized spacial score (nSPS) is 11.0. The lowest BCUT2D eigenvalue weighted by molar-refractivity contribution is -0.115. The molecular weight excluding hydrogens is 284 g/mol. The molecule has 102 valence electrons. The zero-order valence-electron chi connectivity index (χ0n) is 10.7. The first-order chi connectivity index (χ1) is 8.90. The van der Waals surface area contributed by atoms with Crippen LogP contribution in [0.15, 0.2) is 23.3 Å². The molecule has 0 radical (unpaired) electrons. The summed E-state index contributed by atoms with van der Waals surface area (Å²) in [7, 11) is 0. The minimum absolute atomic E-state index is 0.0606. The molecule has 0 spiro atoms. The molecule has 19 heavy (non-hydrogen) atoms. The first-order valence-electron chi connectivity index (χ1n) is 5.53. The number of thiocarbonyl (C=S) groups is 1. The lowest BCUT2D eigenvalue weighted by atomic mass is 10.2. The standard InChI is InChI=1S/C12H15ClN4OS/c1-7(16-17-12(14)19)6-11(18)15-10-5-3-4-9(13)8(10)2/h3-5H,6H2,1-2H3,(H,15,18)(H3,14,17,19)/b16-7+. The zero-order valence-corrected chi connectivity index (χ0v) is 12.2. The molecule has 0 bridgehead atoms. The second-order valence-electron chi connectivity index (χ2n) is 3.96. The van der Waals surface area contributed by atoms with Gasteiger partial charge in [-0.2, -0.15) is 5.10 Å². The number of nitrogens with one attached hydrogen (secondary N) is 2. The molecule has 1 rings (SSSR count). The summed E-state index contributed by atoms with van der Waals surface area (Å²) in [5, 5.41) is 7.30. The first kappa shape index (κ1) is 15.4. The van der Waals surface area contributed by atoms with Crippen molar-refractivity contribution in [3.05, 3.63) is 28.8 Å². The van der Waals surface area contributed by atoms with Crippen molar-refractivity contribution in [3.63, 3.8) is 0 Å². The van der Waals surface area contributed by atoms with Gasteiger partial charge in [-0.25, -0.2) is 0 Å². The van der Waals surface area contributed by atoms with Gasteiger partial charge in [0, 0.05) is 16.4 Å². The van der Waals surface area contributed by atoms with Crippen molar-refractivity contribution in [2.45, 2.75) is 20.3 Å². The van der Waals surface area contributed by atoms with Gasteiger partial charge >= 0.3 is 0 Å². The van der Waals surface area contributed by atoms with Gasteiger partial charge in [0.05, 0.1) is 6.42 Å². The summed E-state index contributed by atoms with van der Waals surface area (Å²) in [5.41, 5.74) is 9.75. The Balaban J connectivity index is 2.63. The van der Waals surface area contributed by atoms with Crippen molar-refractivity contribution in [1.82, 2.24) is 5.43 Å². The largest absolute Gasteiger partial charge is 0.375 e. The highest BCUT2D eigenvalue weighted by atomic mass is 35.5. The first-order valence-corrected chi connectivity index (χ1v) is 6.32. The van der Waals surface area contributed by atoms with Gasteiger partial charge in [-0.15, -0.1) is 0 Å². The topological polar surface area (TPSA) is 79.5 Å². The van der Waals surface area contributed by atoms with E-state index in [0.29, 0.717) is 16.4 Å². The Labute approximate surface area is 122 Å². The quantitative estimate of drug-likeness (QED) is 0.452. The highest BCUT2D eigenvalue weighted by Gasteiger charge is 2.08. The maximum absolute atomic E-state index is 11.8. The van der Waals surface area contributed by atoms with Gasteiger partial charge in [-0.1, -0.05) is 17.7 Å². The third-order valence-corrected chi connectivity index (χ3v) is 2.82. The van der Waals surface area contributed by atoms with Crippen LogP contribution in [-0.4, -0.2) is 16.7 Å². The van der Waals surface area contributed by atoms with E-state index in [-0.39, 0.29) is 17.4 Å². The van der Waals surface area contributed by atoms with Gasteiger partial charge in [0.2, 0.25) is 5.91 Å². The Hall–Kier alpha value is -1.66. The van der Waals surface area contributed by atoms with E-state index in [9.17, 15) is 4.79 Å². The molecule has 0 saturated carbocycles. The Bertz CT molecular complexity index is 530. The van der Waals surface area contributed by atoms with Crippen LogP contribution in [0.5, 0.6) is 0 Å². The van der Waals surface area contributed by atoms with Crippen molar-refractivity contribution in [2.75, 3.05) is 5.32 Å². The maximum Gasteiger partial charge on any atom is 0.230 e. The van der Waals surface area contributed by atoms with E-state index >= 15 is 0 Å². The minimum atomic E-state index is -0.184. The van der Waals surface area contributed by atoms with E-state index in [1.54, 1.807) is 25.1 Å². The molecule has 0 heterocycles. The molecule has 1 amide bonds. The lowest BCUT2D eigenvalue weighted by Gasteiger charge is -2.09. The molecule has 5 nitrogen and oxygen atoms in total. The number of nitrogens with zero attached hydrogens (tertiary/aromatic N) is 1. The average molecular weight is 299 g/mol. The Morgan fingerprint density at radius 2 is 2.21 bits per heavy atom. The fourth-order valence-corrected chi connectivity index (χ4v) is 1.58. The van der Waals surface area contributed by atoms with Crippen LogP contribution in [0.4, 0.5) is 5.69 Å². The van der Waals surface area contributed by atoms with Gasteiger partial charge in [-0.05, 0) is 43.8 Å². The smallest absolute Gasteiger partial charge is 0.230 e. The van der Waals surface area contributed by atoms with Crippen LogP contribution in [0.1, 0.15) is 18.9 Å². The molecule has 1 aromatic rings. The summed E-state index contributed by atoms with van der Waals surface area (Å²) in [6, 6.07) is 5.34. The van der Waals surface area contributed by atoms with E-state index < -0.39 is 0 Å². The number of halogens is 1. The molecule has 0 aromatic heterocycles. The summed E-state index contributed by atoms with van der Waals surface area (Å²) in [6.07, 6.45) is 0.140. The molecule has 7 heteroatoms. The van der Waals surface area contributed by atoms with Crippen LogP contribution >= 0.6 is 23.8 Å². The molecule has 0 unspecified atom stereocenters.